The molecule has 1 aromatic heterocycles. The summed E-state index contributed by atoms with van der Waals surface area (Å²) in [7, 11) is 0. The molecule has 0 aliphatic heterocycles. The second-order valence-corrected chi connectivity index (χ2v) is 2.91. The molecule has 0 saturated carbocycles. The van der Waals surface area contributed by atoms with E-state index in [4.69, 9.17) is 10.8 Å². The molecule has 4 N–H and O–H groups in total. The number of hydrogen-bond donors (Lipinski definition) is 3. The van der Waals surface area contributed by atoms with Crippen molar-refractivity contribution in [3.05, 3.63) is 40.8 Å². The number of phenols is 1. The molecule has 0 amide bonds. The molecule has 0 saturated heterocycles. The highest BCUT2D eigenvalue weighted by Crippen LogP contribution is 2.12. The Bertz CT molecular complexity index is 496. The number of nitrogens with two attached hydrogens (primary N) is 1. The normalized spacial score (nSPS) is 10.3. The maximum atomic E-state index is 11.0. The van der Waals surface area contributed by atoms with E-state index in [2.05, 4.69) is 5.10 Å². The number of hydrogen-bond acceptors (Lipinski definition) is 3. The third-order valence-corrected chi connectivity index (χ3v) is 1.88. The molecule has 2 rings (SSSR count). The molecular formula is C9H9N3O2. The number of nitrogens with zero attached hydrogens (tertiary/aromatic N) is 1. The summed E-state index contributed by atoms with van der Waals surface area (Å²) in [5.74, 6) is 0.177. The van der Waals surface area contributed by atoms with E-state index in [0.29, 0.717) is 0 Å². The number of anilines is 1. The lowest BCUT2D eigenvalue weighted by molar-refractivity contribution is 0.475. The van der Waals surface area contributed by atoms with Gasteiger partial charge in [0, 0.05) is 0 Å². The van der Waals surface area contributed by atoms with Gasteiger partial charge >= 0.3 is 0 Å². The van der Waals surface area contributed by atoms with Crippen LogP contribution in [0.1, 0.15) is 0 Å². The highest BCUT2D eigenvalue weighted by atomic mass is 16.3. The molecule has 2 aromatic rings. The van der Waals surface area contributed by atoms with Gasteiger partial charge in [0.15, 0.2) is 0 Å². The zero-order chi connectivity index (χ0) is 10.1. The first kappa shape index (κ1) is 8.43. The van der Waals surface area contributed by atoms with Crippen molar-refractivity contribution in [3.8, 4) is 11.4 Å². The molecule has 0 radical (unpaired) electrons. The van der Waals surface area contributed by atoms with Crippen LogP contribution in [0.4, 0.5) is 5.69 Å². The third kappa shape index (κ3) is 1.35. The minimum atomic E-state index is -0.321. The minimum absolute atomic E-state index is 0.165. The van der Waals surface area contributed by atoms with Crippen LogP contribution in [0.25, 0.3) is 5.69 Å². The Morgan fingerprint density at radius 1 is 1.29 bits per heavy atom. The van der Waals surface area contributed by atoms with Crippen LogP contribution in [-0.2, 0) is 0 Å². The van der Waals surface area contributed by atoms with Crippen molar-refractivity contribution in [1.82, 2.24) is 9.78 Å². The summed E-state index contributed by atoms with van der Waals surface area (Å²) in [6.45, 7) is 0. The quantitative estimate of drug-likeness (QED) is 0.612. The zero-order valence-corrected chi connectivity index (χ0v) is 7.27. The lowest BCUT2D eigenvalue weighted by Crippen LogP contribution is -2.06. The van der Waals surface area contributed by atoms with Crippen LogP contribution >= 0.6 is 0 Å². The number of nitrogens with one attached hydrogen (secondary N) is 1. The highest BCUT2D eigenvalue weighted by Gasteiger charge is 2.00. The number of aromatic hydroxyl groups is 1. The molecule has 0 bridgehead atoms. The lowest BCUT2D eigenvalue weighted by Gasteiger charge is -2.00. The molecule has 0 fully saturated rings. The van der Waals surface area contributed by atoms with Gasteiger partial charge in [-0.05, 0) is 24.3 Å². The number of phenolic OH excluding ortho intramolecular Hbond substituents is 1. The first-order valence-electron chi connectivity index (χ1n) is 4.03. The van der Waals surface area contributed by atoms with E-state index in [1.165, 1.54) is 23.0 Å². The number of H-pyrrole nitrogens is 1. The van der Waals surface area contributed by atoms with E-state index < -0.39 is 0 Å². The Hall–Kier alpha value is -2.17. The maximum Gasteiger partial charge on any atom is 0.287 e. The van der Waals surface area contributed by atoms with Gasteiger partial charge in [0.1, 0.15) is 11.4 Å². The summed E-state index contributed by atoms with van der Waals surface area (Å²) >= 11 is 0. The Balaban J connectivity index is 2.49. The summed E-state index contributed by atoms with van der Waals surface area (Å²) in [5, 5.41) is 11.6. The van der Waals surface area contributed by atoms with E-state index in [-0.39, 0.29) is 17.0 Å². The Morgan fingerprint density at radius 3 is 2.43 bits per heavy atom. The maximum absolute atomic E-state index is 11.0. The molecule has 1 aromatic carbocycles. The van der Waals surface area contributed by atoms with Crippen LogP contribution in [0.3, 0.4) is 0 Å². The molecule has 72 valence electrons. The van der Waals surface area contributed by atoms with Crippen LogP contribution in [0.15, 0.2) is 35.3 Å². The van der Waals surface area contributed by atoms with E-state index in [0.717, 1.165) is 5.69 Å². The average molecular weight is 191 g/mol. The van der Waals surface area contributed by atoms with Crippen molar-refractivity contribution in [2.45, 2.75) is 0 Å². The first-order chi connectivity index (χ1) is 6.66. The fraction of sp³-hybridized carbons (Fsp3) is 0. The molecule has 0 unspecified atom stereocenters. The number of aromatic amines is 1. The van der Waals surface area contributed by atoms with Gasteiger partial charge < -0.3 is 10.8 Å². The van der Waals surface area contributed by atoms with Crippen molar-refractivity contribution in [2.75, 3.05) is 5.73 Å². The van der Waals surface area contributed by atoms with Crippen molar-refractivity contribution >= 4 is 5.69 Å². The third-order valence-electron chi connectivity index (χ3n) is 1.88. The van der Waals surface area contributed by atoms with Gasteiger partial charge in [0.2, 0.25) is 0 Å². The molecule has 0 spiro atoms. The minimum Gasteiger partial charge on any atom is -0.508 e. The van der Waals surface area contributed by atoms with Crippen molar-refractivity contribution in [2.24, 2.45) is 0 Å². The predicted octanol–water partition coefficient (Wildman–Crippen LogP) is 0.453. The molecule has 0 atom stereocenters. The van der Waals surface area contributed by atoms with Gasteiger partial charge in [-0.25, -0.2) is 0 Å². The number of rotatable bonds is 1. The summed E-state index contributed by atoms with van der Waals surface area (Å²) in [6, 6.07) is 6.41. The van der Waals surface area contributed by atoms with Gasteiger partial charge in [-0.15, -0.1) is 0 Å². The van der Waals surface area contributed by atoms with E-state index in [9.17, 15) is 4.79 Å². The number of aromatic nitrogens is 2. The SMILES string of the molecule is Nc1cn(-c2ccc(O)cc2)[nH]c1=O. The predicted molar refractivity (Wildman–Crippen MR) is 52.5 cm³/mol. The Kier molecular flexibility index (Phi) is 1.78. The summed E-state index contributed by atoms with van der Waals surface area (Å²) in [5.41, 5.74) is 5.97. The Morgan fingerprint density at radius 2 is 1.93 bits per heavy atom. The summed E-state index contributed by atoms with van der Waals surface area (Å²) < 4.78 is 1.50. The van der Waals surface area contributed by atoms with E-state index in [1.807, 2.05) is 0 Å². The van der Waals surface area contributed by atoms with Crippen LogP contribution in [0.5, 0.6) is 5.75 Å². The van der Waals surface area contributed by atoms with Crippen molar-refractivity contribution in [3.63, 3.8) is 0 Å². The Labute approximate surface area is 79.4 Å². The lowest BCUT2D eigenvalue weighted by atomic mass is 10.3. The van der Waals surface area contributed by atoms with Crippen molar-refractivity contribution in [1.29, 1.82) is 0 Å². The van der Waals surface area contributed by atoms with E-state index >= 15 is 0 Å². The monoisotopic (exact) mass is 191 g/mol. The number of nitrogen functional groups attached to an aromatic ring is 1. The van der Waals surface area contributed by atoms with Gasteiger partial charge in [-0.1, -0.05) is 0 Å². The summed E-state index contributed by atoms with van der Waals surface area (Å²) in [6.07, 6.45) is 1.49. The van der Waals surface area contributed by atoms with Crippen LogP contribution < -0.4 is 11.3 Å². The van der Waals surface area contributed by atoms with Crippen LogP contribution in [0, 0.1) is 0 Å². The largest absolute Gasteiger partial charge is 0.508 e. The van der Waals surface area contributed by atoms with E-state index in [1.54, 1.807) is 12.1 Å². The fourth-order valence-corrected chi connectivity index (χ4v) is 1.16. The molecule has 1 heterocycles. The molecule has 5 nitrogen and oxygen atoms in total. The topological polar surface area (TPSA) is 84.0 Å². The smallest absolute Gasteiger partial charge is 0.287 e. The first-order valence-corrected chi connectivity index (χ1v) is 4.03. The molecule has 0 aliphatic rings. The van der Waals surface area contributed by atoms with Gasteiger partial charge in [-0.3, -0.25) is 14.6 Å². The zero-order valence-electron chi connectivity index (χ0n) is 7.27. The number of benzene rings is 1. The molecule has 0 aliphatic carbocycles. The molecular weight excluding hydrogens is 182 g/mol. The van der Waals surface area contributed by atoms with Crippen LogP contribution in [0.2, 0.25) is 0 Å². The fourth-order valence-electron chi connectivity index (χ4n) is 1.16. The van der Waals surface area contributed by atoms with Gasteiger partial charge in [-0.2, -0.15) is 0 Å². The van der Waals surface area contributed by atoms with Gasteiger partial charge in [0.25, 0.3) is 5.56 Å². The highest BCUT2D eigenvalue weighted by molar-refractivity contribution is 5.40. The van der Waals surface area contributed by atoms with Crippen molar-refractivity contribution < 1.29 is 5.11 Å². The summed E-state index contributed by atoms with van der Waals surface area (Å²) in [4.78, 5) is 11.0. The second-order valence-electron chi connectivity index (χ2n) is 2.91. The molecule has 14 heavy (non-hydrogen) atoms. The average Bonchev–Trinajstić information content (AvgIpc) is 2.48. The molecule has 5 heteroatoms. The van der Waals surface area contributed by atoms with Gasteiger partial charge in [0.05, 0.1) is 11.9 Å². The van der Waals surface area contributed by atoms with Crippen LogP contribution in [-0.4, -0.2) is 14.9 Å². The second kappa shape index (κ2) is 2.95. The standard InChI is InChI=1S/C9H9N3O2/c10-8-5-12(11-9(8)14)6-1-3-7(13)4-2-6/h1-5,13H,10H2,(H,11,14).